The third-order valence-electron chi connectivity index (χ3n) is 5.02. The molecule has 1 aliphatic heterocycles. The first-order chi connectivity index (χ1) is 13.8. The van der Waals surface area contributed by atoms with Crippen LogP contribution in [-0.2, 0) is 25.7 Å². The van der Waals surface area contributed by atoms with Crippen LogP contribution in [0.15, 0.2) is 53.3 Å². The van der Waals surface area contributed by atoms with Crippen molar-refractivity contribution >= 4 is 0 Å². The van der Waals surface area contributed by atoms with Gasteiger partial charge in [-0.1, -0.05) is 30.3 Å². The molecule has 0 saturated heterocycles. The molecule has 5 nitrogen and oxygen atoms in total. The lowest BCUT2D eigenvalue weighted by atomic mass is 10.0. The quantitative estimate of drug-likeness (QED) is 0.702. The van der Waals surface area contributed by atoms with Crippen molar-refractivity contribution in [1.82, 2.24) is 14.9 Å². The highest BCUT2D eigenvalue weighted by Gasteiger charge is 2.30. The number of hydrogen-bond donors (Lipinski definition) is 2. The zero-order chi connectivity index (χ0) is 20.6. The Kier molecular flexibility index (Phi) is 4.87. The molecule has 2 aromatic carbocycles. The molecule has 0 amide bonds. The van der Waals surface area contributed by atoms with E-state index in [4.69, 9.17) is 0 Å². The van der Waals surface area contributed by atoms with E-state index >= 15 is 0 Å². The van der Waals surface area contributed by atoms with E-state index < -0.39 is 11.7 Å². The fourth-order valence-corrected chi connectivity index (χ4v) is 3.47. The van der Waals surface area contributed by atoms with Crippen molar-refractivity contribution in [2.45, 2.75) is 25.7 Å². The van der Waals surface area contributed by atoms with Crippen LogP contribution in [0, 0.1) is 0 Å². The molecule has 0 bridgehead atoms. The highest BCUT2D eigenvalue weighted by atomic mass is 19.4. The summed E-state index contributed by atoms with van der Waals surface area (Å²) in [5.41, 5.74) is 1.36. The van der Waals surface area contributed by atoms with Gasteiger partial charge in [0, 0.05) is 36.3 Å². The third kappa shape index (κ3) is 4.02. The summed E-state index contributed by atoms with van der Waals surface area (Å²) in [7, 11) is 0. The fraction of sp³-hybridized carbons (Fsp3) is 0.238. The molecule has 0 aliphatic carbocycles. The third-order valence-corrected chi connectivity index (χ3v) is 5.02. The monoisotopic (exact) mass is 401 g/mol. The highest BCUT2D eigenvalue weighted by Crippen LogP contribution is 2.30. The Bertz CT molecular complexity index is 1090. The molecule has 2 heterocycles. The average Bonchev–Trinajstić information content (AvgIpc) is 2.69. The minimum absolute atomic E-state index is 0.211. The predicted octanol–water partition coefficient (Wildman–Crippen LogP) is 3.72. The van der Waals surface area contributed by atoms with Crippen LogP contribution >= 0.6 is 0 Å². The number of aromatic hydroxyl groups is 1. The second kappa shape index (κ2) is 7.36. The second-order valence-electron chi connectivity index (χ2n) is 7.00. The number of phenolic OH excluding ortho intramolecular Hbond substituents is 1. The minimum atomic E-state index is -4.42. The number of rotatable bonds is 3. The van der Waals surface area contributed by atoms with Crippen molar-refractivity contribution in [3.8, 4) is 17.1 Å². The van der Waals surface area contributed by atoms with Crippen molar-refractivity contribution in [3.05, 3.63) is 81.3 Å². The van der Waals surface area contributed by atoms with Gasteiger partial charge in [0.25, 0.3) is 5.56 Å². The van der Waals surface area contributed by atoms with Crippen molar-refractivity contribution in [1.29, 1.82) is 0 Å². The van der Waals surface area contributed by atoms with Gasteiger partial charge in [0.1, 0.15) is 11.6 Å². The molecule has 3 aromatic rings. The maximum Gasteiger partial charge on any atom is 0.416 e. The number of halogens is 3. The molecule has 150 valence electrons. The van der Waals surface area contributed by atoms with Gasteiger partial charge in [0.15, 0.2) is 0 Å². The Morgan fingerprint density at radius 2 is 1.83 bits per heavy atom. The normalized spacial score (nSPS) is 14.6. The SMILES string of the molecule is O=c1[nH]c(-c2ccc(C(F)(F)F)cc2)nc2c1CCN(Cc1ccccc1O)C2. The molecule has 0 spiro atoms. The number of alkyl halides is 3. The summed E-state index contributed by atoms with van der Waals surface area (Å²) in [4.78, 5) is 21.7. The zero-order valence-electron chi connectivity index (χ0n) is 15.3. The lowest BCUT2D eigenvalue weighted by Gasteiger charge is -2.28. The van der Waals surface area contributed by atoms with Gasteiger partial charge in [-0.15, -0.1) is 0 Å². The Balaban J connectivity index is 1.60. The molecule has 0 fully saturated rings. The van der Waals surface area contributed by atoms with Gasteiger partial charge in [-0.3, -0.25) is 9.69 Å². The fourth-order valence-electron chi connectivity index (χ4n) is 3.47. The lowest BCUT2D eigenvalue weighted by Crippen LogP contribution is -2.35. The van der Waals surface area contributed by atoms with E-state index in [1.54, 1.807) is 12.1 Å². The molecule has 8 heteroatoms. The van der Waals surface area contributed by atoms with Crippen molar-refractivity contribution in [2.24, 2.45) is 0 Å². The first kappa shape index (κ1) is 19.2. The first-order valence-electron chi connectivity index (χ1n) is 9.10. The Labute approximate surface area is 164 Å². The maximum absolute atomic E-state index is 12.8. The molecule has 0 atom stereocenters. The number of para-hydroxylation sites is 1. The van der Waals surface area contributed by atoms with Crippen LogP contribution in [0.4, 0.5) is 13.2 Å². The molecule has 0 radical (unpaired) electrons. The molecule has 29 heavy (non-hydrogen) atoms. The van der Waals surface area contributed by atoms with Gasteiger partial charge < -0.3 is 10.1 Å². The number of aromatic nitrogens is 2. The van der Waals surface area contributed by atoms with Gasteiger partial charge >= 0.3 is 6.18 Å². The lowest BCUT2D eigenvalue weighted by molar-refractivity contribution is -0.137. The average molecular weight is 401 g/mol. The summed E-state index contributed by atoms with van der Waals surface area (Å²) < 4.78 is 38.3. The maximum atomic E-state index is 12.8. The number of nitrogens with zero attached hydrogens (tertiary/aromatic N) is 2. The topological polar surface area (TPSA) is 69.2 Å². The van der Waals surface area contributed by atoms with E-state index in [2.05, 4.69) is 14.9 Å². The largest absolute Gasteiger partial charge is 0.508 e. The number of nitrogens with one attached hydrogen (secondary N) is 1. The number of phenols is 1. The van der Waals surface area contributed by atoms with Crippen LogP contribution < -0.4 is 5.56 Å². The molecule has 0 unspecified atom stereocenters. The van der Waals surface area contributed by atoms with Gasteiger partial charge in [0.2, 0.25) is 0 Å². The van der Waals surface area contributed by atoms with E-state index in [1.807, 2.05) is 12.1 Å². The van der Waals surface area contributed by atoms with Gasteiger partial charge in [-0.05, 0) is 24.6 Å². The van der Waals surface area contributed by atoms with Crippen LogP contribution in [0.2, 0.25) is 0 Å². The minimum Gasteiger partial charge on any atom is -0.508 e. The van der Waals surface area contributed by atoms with Crippen LogP contribution in [-0.4, -0.2) is 26.5 Å². The van der Waals surface area contributed by atoms with Crippen molar-refractivity contribution in [3.63, 3.8) is 0 Å². The molecular formula is C21H18F3N3O2. The van der Waals surface area contributed by atoms with E-state index in [0.717, 1.165) is 17.7 Å². The molecule has 2 N–H and O–H groups in total. The van der Waals surface area contributed by atoms with E-state index in [1.165, 1.54) is 12.1 Å². The number of fused-ring (bicyclic) bond motifs is 1. The number of H-pyrrole nitrogens is 1. The Hall–Kier alpha value is -3.13. The van der Waals surface area contributed by atoms with E-state index in [-0.39, 0.29) is 17.1 Å². The van der Waals surface area contributed by atoms with Gasteiger partial charge in [0.05, 0.1) is 11.3 Å². The van der Waals surface area contributed by atoms with E-state index in [0.29, 0.717) is 42.9 Å². The second-order valence-corrected chi connectivity index (χ2v) is 7.00. The summed E-state index contributed by atoms with van der Waals surface area (Å²) >= 11 is 0. The predicted molar refractivity (Wildman–Crippen MR) is 101 cm³/mol. The number of hydrogen-bond acceptors (Lipinski definition) is 4. The van der Waals surface area contributed by atoms with Gasteiger partial charge in [-0.25, -0.2) is 4.98 Å². The first-order valence-corrected chi connectivity index (χ1v) is 9.10. The molecular weight excluding hydrogens is 383 g/mol. The van der Waals surface area contributed by atoms with Crippen LogP contribution in [0.5, 0.6) is 5.75 Å². The van der Waals surface area contributed by atoms with E-state index in [9.17, 15) is 23.1 Å². The molecule has 1 aliphatic rings. The smallest absolute Gasteiger partial charge is 0.416 e. The molecule has 0 saturated carbocycles. The molecule has 1 aromatic heterocycles. The van der Waals surface area contributed by atoms with Gasteiger partial charge in [-0.2, -0.15) is 13.2 Å². The molecule has 4 rings (SSSR count). The van der Waals surface area contributed by atoms with Crippen molar-refractivity contribution in [2.75, 3.05) is 6.54 Å². The summed E-state index contributed by atoms with van der Waals surface area (Å²) in [5, 5.41) is 9.98. The van der Waals surface area contributed by atoms with Crippen LogP contribution in [0.1, 0.15) is 22.4 Å². The summed E-state index contributed by atoms with van der Waals surface area (Å²) in [6, 6.07) is 11.6. The summed E-state index contributed by atoms with van der Waals surface area (Å²) in [6.07, 6.45) is -3.91. The van der Waals surface area contributed by atoms with Crippen LogP contribution in [0.25, 0.3) is 11.4 Å². The highest BCUT2D eigenvalue weighted by molar-refractivity contribution is 5.56. The number of aromatic amines is 1. The summed E-state index contributed by atoms with van der Waals surface area (Å²) in [6.45, 7) is 1.57. The standard InChI is InChI=1S/C21H18F3N3O2/c22-21(23,24)15-7-5-13(6-8-15)19-25-17-12-27(10-9-16(17)20(29)26-19)11-14-3-1-2-4-18(14)28/h1-8,28H,9-12H2,(H,25,26,29). The van der Waals surface area contributed by atoms with Crippen LogP contribution in [0.3, 0.4) is 0 Å². The Morgan fingerprint density at radius 1 is 1.10 bits per heavy atom. The summed E-state index contributed by atoms with van der Waals surface area (Å²) in [5.74, 6) is 0.453. The zero-order valence-corrected chi connectivity index (χ0v) is 15.3. The number of benzene rings is 2. The Morgan fingerprint density at radius 3 is 2.52 bits per heavy atom. The van der Waals surface area contributed by atoms with Crippen molar-refractivity contribution < 1.29 is 18.3 Å².